The molecule has 1 unspecified atom stereocenters. The Bertz CT molecular complexity index is 453. The first-order valence-electron chi connectivity index (χ1n) is 5.59. The van der Waals surface area contributed by atoms with Crippen molar-refractivity contribution in [1.82, 2.24) is 14.9 Å². The van der Waals surface area contributed by atoms with Crippen molar-refractivity contribution in [2.24, 2.45) is 11.7 Å². The number of sulfonamides is 1. The van der Waals surface area contributed by atoms with Crippen LogP contribution in [0.5, 0.6) is 0 Å². The Labute approximate surface area is 102 Å². The van der Waals surface area contributed by atoms with Gasteiger partial charge < -0.3 is 5.73 Å². The summed E-state index contributed by atoms with van der Waals surface area (Å²) in [7, 11) is -3.53. The molecule has 0 saturated carbocycles. The molecular weight excluding hydrogens is 240 g/mol. The number of hydrogen-bond acceptors (Lipinski definition) is 4. The van der Waals surface area contributed by atoms with Gasteiger partial charge in [-0.15, -0.1) is 0 Å². The molecule has 17 heavy (non-hydrogen) atoms. The molecule has 0 bridgehead atoms. The topological polar surface area (TPSA) is 101 Å². The summed E-state index contributed by atoms with van der Waals surface area (Å²) in [5.41, 5.74) is 6.10. The Kier molecular flexibility index (Phi) is 4.67. The van der Waals surface area contributed by atoms with Crippen LogP contribution in [0.3, 0.4) is 0 Å². The fourth-order valence-electron chi connectivity index (χ4n) is 1.65. The zero-order chi connectivity index (χ0) is 13.1. The van der Waals surface area contributed by atoms with Gasteiger partial charge in [-0.1, -0.05) is 13.8 Å². The summed E-state index contributed by atoms with van der Waals surface area (Å²) in [6.45, 7) is 6.01. The van der Waals surface area contributed by atoms with E-state index in [0.717, 1.165) is 0 Å². The Hall–Kier alpha value is -0.920. The van der Waals surface area contributed by atoms with E-state index < -0.39 is 10.0 Å². The predicted octanol–water partition coefficient (Wildman–Crippen LogP) is 0.370. The number of aryl methyl sites for hydroxylation is 1. The lowest BCUT2D eigenvalue weighted by molar-refractivity contribution is 0.465. The van der Waals surface area contributed by atoms with Crippen LogP contribution < -0.4 is 10.5 Å². The van der Waals surface area contributed by atoms with Gasteiger partial charge in [0.15, 0.2) is 0 Å². The molecule has 0 aliphatic rings. The molecule has 0 radical (unpaired) electrons. The summed E-state index contributed by atoms with van der Waals surface area (Å²) in [6, 6.07) is -0.241. The lowest BCUT2D eigenvalue weighted by Crippen LogP contribution is -2.41. The van der Waals surface area contributed by atoms with Crippen molar-refractivity contribution in [3.63, 3.8) is 0 Å². The standard InChI is InChI=1S/C10H20N4O2S/c1-7(2)4-9(5-11)14-17(15,16)10-6-12-13-8(10)3/h6-7,9,14H,4-5,11H2,1-3H3,(H,12,13). The molecule has 6 nitrogen and oxygen atoms in total. The van der Waals surface area contributed by atoms with Crippen molar-refractivity contribution >= 4 is 10.0 Å². The van der Waals surface area contributed by atoms with E-state index in [1.165, 1.54) is 6.20 Å². The molecule has 0 fully saturated rings. The van der Waals surface area contributed by atoms with Crippen molar-refractivity contribution in [3.05, 3.63) is 11.9 Å². The van der Waals surface area contributed by atoms with Gasteiger partial charge in [0.05, 0.1) is 11.9 Å². The van der Waals surface area contributed by atoms with E-state index in [0.29, 0.717) is 18.0 Å². The SMILES string of the molecule is Cc1[nH]ncc1S(=O)(=O)NC(CN)CC(C)C. The van der Waals surface area contributed by atoms with Gasteiger partial charge in [0.2, 0.25) is 10.0 Å². The largest absolute Gasteiger partial charge is 0.329 e. The van der Waals surface area contributed by atoms with Gasteiger partial charge in [-0.3, -0.25) is 5.10 Å². The minimum Gasteiger partial charge on any atom is -0.329 e. The third-order valence-electron chi connectivity index (χ3n) is 2.44. The Balaban J connectivity index is 2.82. The number of nitrogens with two attached hydrogens (primary N) is 1. The van der Waals surface area contributed by atoms with Crippen LogP contribution in [0.1, 0.15) is 26.0 Å². The average Bonchev–Trinajstić information content (AvgIpc) is 2.63. The van der Waals surface area contributed by atoms with E-state index in [1.54, 1.807) is 6.92 Å². The van der Waals surface area contributed by atoms with Crippen molar-refractivity contribution in [1.29, 1.82) is 0 Å². The molecule has 7 heteroatoms. The lowest BCUT2D eigenvalue weighted by atomic mass is 10.1. The van der Waals surface area contributed by atoms with Crippen LogP contribution in [-0.4, -0.2) is 31.2 Å². The molecule has 0 spiro atoms. The Morgan fingerprint density at radius 1 is 1.53 bits per heavy atom. The fraction of sp³-hybridized carbons (Fsp3) is 0.700. The predicted molar refractivity (Wildman–Crippen MR) is 65.9 cm³/mol. The highest BCUT2D eigenvalue weighted by molar-refractivity contribution is 7.89. The second-order valence-corrected chi connectivity index (χ2v) is 6.23. The summed E-state index contributed by atoms with van der Waals surface area (Å²) in [4.78, 5) is 0.180. The first-order valence-corrected chi connectivity index (χ1v) is 7.07. The van der Waals surface area contributed by atoms with Crippen LogP contribution in [0.2, 0.25) is 0 Å². The van der Waals surface area contributed by atoms with Crippen LogP contribution in [0, 0.1) is 12.8 Å². The van der Waals surface area contributed by atoms with Crippen molar-refractivity contribution in [3.8, 4) is 0 Å². The molecule has 1 rings (SSSR count). The molecule has 0 amide bonds. The van der Waals surface area contributed by atoms with Crippen LogP contribution >= 0.6 is 0 Å². The van der Waals surface area contributed by atoms with Crippen molar-refractivity contribution in [2.75, 3.05) is 6.54 Å². The summed E-state index contributed by atoms with van der Waals surface area (Å²) in [5.74, 6) is 0.386. The molecule has 4 N–H and O–H groups in total. The maximum Gasteiger partial charge on any atom is 0.244 e. The average molecular weight is 260 g/mol. The maximum atomic E-state index is 12.0. The highest BCUT2D eigenvalue weighted by Crippen LogP contribution is 2.13. The van der Waals surface area contributed by atoms with E-state index in [9.17, 15) is 8.42 Å². The molecule has 1 aromatic heterocycles. The third kappa shape index (κ3) is 3.79. The Morgan fingerprint density at radius 2 is 2.18 bits per heavy atom. The van der Waals surface area contributed by atoms with Gasteiger partial charge in [-0.25, -0.2) is 13.1 Å². The quantitative estimate of drug-likeness (QED) is 0.688. The van der Waals surface area contributed by atoms with Crippen molar-refractivity contribution < 1.29 is 8.42 Å². The number of nitrogens with one attached hydrogen (secondary N) is 2. The zero-order valence-electron chi connectivity index (χ0n) is 10.4. The van der Waals surface area contributed by atoms with Crippen LogP contribution in [0.25, 0.3) is 0 Å². The number of aromatic nitrogens is 2. The smallest absolute Gasteiger partial charge is 0.244 e. The monoisotopic (exact) mass is 260 g/mol. The first kappa shape index (κ1) is 14.1. The van der Waals surface area contributed by atoms with E-state index in [2.05, 4.69) is 14.9 Å². The molecular formula is C10H20N4O2S. The lowest BCUT2D eigenvalue weighted by Gasteiger charge is -2.18. The second-order valence-electron chi connectivity index (χ2n) is 4.54. The van der Waals surface area contributed by atoms with E-state index in [4.69, 9.17) is 5.73 Å². The van der Waals surface area contributed by atoms with Crippen LogP contribution in [0.4, 0.5) is 0 Å². The molecule has 0 aliphatic carbocycles. The molecule has 0 aliphatic heterocycles. The van der Waals surface area contributed by atoms with Gasteiger partial charge in [0, 0.05) is 12.6 Å². The fourth-order valence-corrected chi connectivity index (χ4v) is 3.05. The molecule has 1 heterocycles. The van der Waals surface area contributed by atoms with Crippen LogP contribution in [0.15, 0.2) is 11.1 Å². The van der Waals surface area contributed by atoms with E-state index in [-0.39, 0.29) is 17.5 Å². The number of nitrogens with zero attached hydrogens (tertiary/aromatic N) is 1. The highest BCUT2D eigenvalue weighted by atomic mass is 32.2. The number of H-pyrrole nitrogens is 1. The van der Waals surface area contributed by atoms with E-state index >= 15 is 0 Å². The van der Waals surface area contributed by atoms with E-state index in [1.807, 2.05) is 13.8 Å². The Morgan fingerprint density at radius 3 is 2.59 bits per heavy atom. The molecule has 0 aromatic carbocycles. The van der Waals surface area contributed by atoms with Crippen molar-refractivity contribution in [2.45, 2.75) is 38.1 Å². The summed E-state index contributed by atoms with van der Waals surface area (Å²) < 4.78 is 26.7. The maximum absolute atomic E-state index is 12.0. The van der Waals surface area contributed by atoms with Gasteiger partial charge in [0.25, 0.3) is 0 Å². The zero-order valence-corrected chi connectivity index (χ0v) is 11.2. The minimum atomic E-state index is -3.53. The first-order chi connectivity index (χ1) is 7.86. The molecule has 1 aromatic rings. The normalized spacial score (nSPS) is 14.2. The van der Waals surface area contributed by atoms with Gasteiger partial charge in [-0.2, -0.15) is 5.10 Å². The second kappa shape index (κ2) is 5.61. The molecule has 0 saturated heterocycles. The van der Waals surface area contributed by atoms with Crippen LogP contribution in [-0.2, 0) is 10.0 Å². The van der Waals surface area contributed by atoms with Gasteiger partial charge >= 0.3 is 0 Å². The third-order valence-corrected chi connectivity index (χ3v) is 4.07. The minimum absolute atomic E-state index is 0.180. The summed E-state index contributed by atoms with van der Waals surface area (Å²) >= 11 is 0. The van der Waals surface area contributed by atoms with Gasteiger partial charge in [-0.05, 0) is 19.3 Å². The van der Waals surface area contributed by atoms with Gasteiger partial charge in [0.1, 0.15) is 4.90 Å². The highest BCUT2D eigenvalue weighted by Gasteiger charge is 2.22. The number of hydrogen-bond donors (Lipinski definition) is 3. The molecule has 98 valence electrons. The summed E-state index contributed by atoms with van der Waals surface area (Å²) in [6.07, 6.45) is 2.02. The number of aromatic amines is 1. The summed E-state index contributed by atoms with van der Waals surface area (Å²) in [5, 5.41) is 6.31. The number of rotatable bonds is 6. The molecule has 1 atom stereocenters.